The summed E-state index contributed by atoms with van der Waals surface area (Å²) in [6, 6.07) is 9.80. The van der Waals surface area contributed by atoms with Crippen molar-refractivity contribution in [2.45, 2.75) is 122 Å². The Kier molecular flexibility index (Phi) is 9.27. The number of unbranched alkanes of at least 4 members (excludes halogenated alkanes) is 2. The van der Waals surface area contributed by atoms with Crippen LogP contribution in [0.1, 0.15) is 111 Å². The molecular weight excluding hydrogens is 735 g/mol. The maximum absolute atomic E-state index is 14.0. The summed E-state index contributed by atoms with van der Waals surface area (Å²) in [4.78, 5) is 45.2. The minimum atomic E-state index is -1.16. The van der Waals surface area contributed by atoms with Gasteiger partial charge in [-0.3, -0.25) is 24.0 Å². The third-order valence-electron chi connectivity index (χ3n) is 15.9. The van der Waals surface area contributed by atoms with Crippen LogP contribution < -0.4 is 4.90 Å². The molecule has 2 aromatic carbocycles. The van der Waals surface area contributed by atoms with Gasteiger partial charge < -0.3 is 24.6 Å². The predicted molar refractivity (Wildman–Crippen MR) is 216 cm³/mol. The Morgan fingerprint density at radius 1 is 0.931 bits per heavy atom. The summed E-state index contributed by atoms with van der Waals surface area (Å²) in [6.07, 6.45) is 9.36. The fraction of sp³-hybridized carbons (Fsp3) is 0.630. The Morgan fingerprint density at radius 3 is 2.52 bits per heavy atom. The third-order valence-corrected chi connectivity index (χ3v) is 15.9. The summed E-state index contributed by atoms with van der Waals surface area (Å²) >= 11 is 0. The number of nitrogens with zero attached hydrogens (tertiary/aromatic N) is 5. The van der Waals surface area contributed by atoms with Crippen LogP contribution in [0.3, 0.4) is 0 Å². The first kappa shape index (κ1) is 38.2. The van der Waals surface area contributed by atoms with E-state index in [1.807, 2.05) is 35.1 Å². The van der Waals surface area contributed by atoms with E-state index in [-0.39, 0.29) is 28.9 Å². The summed E-state index contributed by atoms with van der Waals surface area (Å²) in [5.41, 5.74) is 1.78. The second kappa shape index (κ2) is 14.1. The Morgan fingerprint density at radius 2 is 1.71 bits per heavy atom. The zero-order chi connectivity index (χ0) is 40.1. The number of hydrogen-bond acceptors (Lipinski definition) is 10. The molecule has 5 heterocycles. The second-order valence-corrected chi connectivity index (χ2v) is 19.1. The molecule has 2 N–H and O–H groups in total. The molecular formula is C46H57N5O7. The number of ether oxygens (including phenoxy) is 2. The van der Waals surface area contributed by atoms with E-state index in [4.69, 9.17) is 9.47 Å². The highest BCUT2D eigenvalue weighted by molar-refractivity contribution is 6.26. The maximum Gasteiger partial charge on any atom is 0.261 e. The lowest BCUT2D eigenvalue weighted by Crippen LogP contribution is -2.78. The number of benzene rings is 2. The van der Waals surface area contributed by atoms with Crippen LogP contribution in [-0.2, 0) is 27.2 Å². The van der Waals surface area contributed by atoms with E-state index in [9.17, 15) is 24.6 Å². The number of piperidine rings is 1. The standard InChI is InChI=1S/C46H57N5O7/c1-27-32-24-34(52)38-45-18-11-17-44(2,3)35(45)25-36(46(38,39(27)53)40(32)54)58-43(45)57-23-16-28-26-50(48-47-28)21-8-5-9-22-51-41(55)30-13-10-12-29-33(49-19-6-4-7-20-49)15-14-31(37(29)30)42(51)56/h10,12-15,26,32,34-36,38,40,43,52,54H,1,4-9,11,16-25H2,2-3H3/t32-,34-,35+,36+,38-,40+,43+,45-,46+/m0/s1. The van der Waals surface area contributed by atoms with Crippen LogP contribution in [-0.4, -0.2) is 98.5 Å². The zero-order valence-corrected chi connectivity index (χ0v) is 33.9. The number of aliphatic hydroxyl groups excluding tert-OH is 2. The van der Waals surface area contributed by atoms with Crippen molar-refractivity contribution < 1.29 is 34.1 Å². The number of rotatable bonds is 11. The first-order valence-electron chi connectivity index (χ1n) is 21.9. The lowest BCUT2D eigenvalue weighted by atomic mass is 9.37. The number of aromatic nitrogens is 3. The van der Waals surface area contributed by atoms with Crippen molar-refractivity contribution in [3.05, 3.63) is 65.5 Å². The van der Waals surface area contributed by atoms with Crippen LogP contribution in [0.5, 0.6) is 0 Å². The molecule has 8 aliphatic rings. The SMILES string of the molecule is C=C1C(=O)[C@]23[C@H](O)[C@H]1C[C@H](O)[C@H]2[C@]12CCCC(C)(C)[C@H]1C[C@H]3O[C@H]2OCCc1cn(CCCCCN2C(=O)c3cccc4c(N5CCCCC5)ccc(c34)C2=O)nn1. The average Bonchev–Trinajstić information content (AvgIpc) is 3.71. The van der Waals surface area contributed by atoms with Gasteiger partial charge >= 0.3 is 0 Å². The van der Waals surface area contributed by atoms with Gasteiger partial charge in [0.05, 0.1) is 36.0 Å². The van der Waals surface area contributed by atoms with Gasteiger partial charge in [0.25, 0.3) is 11.8 Å². The van der Waals surface area contributed by atoms with E-state index in [1.165, 1.54) is 11.3 Å². The number of imide groups is 1. The van der Waals surface area contributed by atoms with Crippen molar-refractivity contribution in [3.63, 3.8) is 0 Å². The number of carbonyl (C=O) groups is 3. The van der Waals surface area contributed by atoms with Crippen molar-refractivity contribution in [1.82, 2.24) is 19.9 Å². The molecule has 12 heteroatoms. The maximum atomic E-state index is 14.0. The molecule has 4 aliphatic carbocycles. The highest BCUT2D eigenvalue weighted by Gasteiger charge is 2.81. The van der Waals surface area contributed by atoms with E-state index < -0.39 is 47.3 Å². The first-order chi connectivity index (χ1) is 28.0. The molecule has 2 amide bonds. The molecule has 9 atom stereocenters. The highest BCUT2D eigenvalue weighted by atomic mass is 16.7. The molecule has 7 fully saturated rings. The summed E-state index contributed by atoms with van der Waals surface area (Å²) in [6.45, 7) is 12.1. The van der Waals surface area contributed by atoms with Gasteiger partial charge in [-0.15, -0.1) is 5.10 Å². The van der Waals surface area contributed by atoms with Gasteiger partial charge in [-0.05, 0) is 99.3 Å². The van der Waals surface area contributed by atoms with Crippen LogP contribution in [0.15, 0.2) is 48.7 Å². The number of anilines is 1. The van der Waals surface area contributed by atoms with Crippen molar-refractivity contribution in [3.8, 4) is 0 Å². The summed E-state index contributed by atoms with van der Waals surface area (Å²) in [7, 11) is 0. The van der Waals surface area contributed by atoms with Gasteiger partial charge in [0.2, 0.25) is 0 Å². The molecule has 0 unspecified atom stereocenters. The van der Waals surface area contributed by atoms with Crippen LogP contribution in [0, 0.1) is 34.0 Å². The van der Waals surface area contributed by atoms with E-state index >= 15 is 0 Å². The quantitative estimate of drug-likeness (QED) is 0.137. The van der Waals surface area contributed by atoms with Crippen molar-refractivity contribution >= 4 is 34.1 Å². The van der Waals surface area contributed by atoms with Gasteiger partial charge in [-0.25, -0.2) is 0 Å². The fourth-order valence-electron chi connectivity index (χ4n) is 13.4. The smallest absolute Gasteiger partial charge is 0.261 e. The van der Waals surface area contributed by atoms with Gasteiger partial charge in [0.1, 0.15) is 0 Å². The Balaban J connectivity index is 0.749. The fourth-order valence-corrected chi connectivity index (χ4v) is 13.4. The number of Topliss-reactive ketones (excluding diaryl/α,β-unsaturated/α-hetero) is 1. The average molecular weight is 792 g/mol. The number of carbonyl (C=O) groups excluding carboxylic acids is 3. The molecule has 2 spiro atoms. The summed E-state index contributed by atoms with van der Waals surface area (Å²) < 4.78 is 15.2. The molecule has 1 aromatic heterocycles. The zero-order valence-electron chi connectivity index (χ0n) is 33.9. The van der Waals surface area contributed by atoms with Crippen LogP contribution >= 0.6 is 0 Å². The minimum absolute atomic E-state index is 0.0256. The van der Waals surface area contributed by atoms with Crippen molar-refractivity contribution in [2.75, 3.05) is 31.1 Å². The largest absolute Gasteiger partial charge is 0.393 e. The predicted octanol–water partition coefficient (Wildman–Crippen LogP) is 5.87. The molecule has 4 saturated carbocycles. The molecule has 3 saturated heterocycles. The van der Waals surface area contributed by atoms with Crippen LogP contribution in [0.4, 0.5) is 5.69 Å². The number of hydrogen-bond donors (Lipinski definition) is 2. The van der Waals surface area contributed by atoms with E-state index in [0.717, 1.165) is 80.2 Å². The molecule has 12 nitrogen and oxygen atoms in total. The van der Waals surface area contributed by atoms with Gasteiger partial charge in [0.15, 0.2) is 12.1 Å². The topological polar surface area (TPSA) is 147 Å². The van der Waals surface area contributed by atoms with Gasteiger partial charge in [-0.2, -0.15) is 0 Å². The van der Waals surface area contributed by atoms with Crippen LogP contribution in [0.2, 0.25) is 0 Å². The number of amides is 2. The molecule has 58 heavy (non-hydrogen) atoms. The Hall–Kier alpha value is -3.97. The molecule has 0 radical (unpaired) electrons. The van der Waals surface area contributed by atoms with E-state index in [2.05, 4.69) is 41.7 Å². The molecule has 4 aliphatic heterocycles. The molecule has 4 bridgehead atoms. The first-order valence-corrected chi connectivity index (χ1v) is 21.9. The monoisotopic (exact) mass is 791 g/mol. The van der Waals surface area contributed by atoms with Crippen LogP contribution in [0.25, 0.3) is 10.8 Å². The number of fused-ring (bicyclic) bond motifs is 2. The minimum Gasteiger partial charge on any atom is -0.393 e. The summed E-state index contributed by atoms with van der Waals surface area (Å²) in [5.74, 6) is -1.24. The Bertz CT molecular complexity index is 2150. The van der Waals surface area contributed by atoms with Gasteiger partial charge in [0, 0.05) is 83.6 Å². The number of aliphatic hydroxyl groups is 2. The lowest BCUT2D eigenvalue weighted by Gasteiger charge is -2.72. The van der Waals surface area contributed by atoms with Gasteiger partial charge in [-0.1, -0.05) is 44.2 Å². The normalized spacial score (nSPS) is 34.9. The highest BCUT2D eigenvalue weighted by Crippen LogP contribution is 2.75. The van der Waals surface area contributed by atoms with E-state index in [0.29, 0.717) is 62.1 Å². The number of ketones is 1. The van der Waals surface area contributed by atoms with Crippen molar-refractivity contribution in [2.24, 2.45) is 34.0 Å². The molecule has 11 rings (SSSR count). The summed E-state index contributed by atoms with van der Waals surface area (Å²) in [5, 5.41) is 34.1. The van der Waals surface area contributed by atoms with E-state index in [1.54, 1.807) is 0 Å². The van der Waals surface area contributed by atoms with Crippen molar-refractivity contribution in [1.29, 1.82) is 0 Å². The third kappa shape index (κ3) is 5.43. The number of aryl methyl sites for hydroxylation is 1. The Labute approximate surface area is 339 Å². The lowest BCUT2D eigenvalue weighted by molar-refractivity contribution is -0.401. The molecule has 3 aromatic rings. The second-order valence-electron chi connectivity index (χ2n) is 19.1. The molecule has 308 valence electrons.